The lowest BCUT2D eigenvalue weighted by atomic mass is 10.2. The first-order chi connectivity index (χ1) is 12.4. The van der Waals surface area contributed by atoms with Gasteiger partial charge in [-0.1, -0.05) is 29.8 Å². The molecule has 2 heterocycles. The molecule has 1 atom stereocenters. The lowest BCUT2D eigenvalue weighted by molar-refractivity contribution is -0.119. The first kappa shape index (κ1) is 17.7. The molecule has 0 radical (unpaired) electrons. The van der Waals surface area contributed by atoms with Gasteiger partial charge in [-0.25, -0.2) is 4.79 Å². The summed E-state index contributed by atoms with van der Waals surface area (Å²) in [5.74, 6) is -1.42. The Hall–Kier alpha value is -3.13. The number of amides is 1. The molecule has 8 nitrogen and oxygen atoms in total. The molecule has 3 rings (SSSR count). The van der Waals surface area contributed by atoms with E-state index >= 15 is 0 Å². The SMILES string of the molecule is CC(C(=O)Nc1cnn(Cc2ccccc2Cl)c1)n1cc(C(=O)O)cn1. The number of rotatable bonds is 6. The van der Waals surface area contributed by atoms with Crippen molar-refractivity contribution in [1.29, 1.82) is 0 Å². The number of carbonyl (C=O) groups excluding carboxylic acids is 1. The Kier molecular flexibility index (Phi) is 5.04. The molecule has 3 aromatic rings. The van der Waals surface area contributed by atoms with Gasteiger partial charge in [0.25, 0.3) is 0 Å². The number of hydrogen-bond donors (Lipinski definition) is 2. The van der Waals surface area contributed by atoms with Crippen LogP contribution in [0.15, 0.2) is 49.1 Å². The summed E-state index contributed by atoms with van der Waals surface area (Å²) in [7, 11) is 0. The van der Waals surface area contributed by atoms with Crippen molar-refractivity contribution in [2.24, 2.45) is 0 Å². The highest BCUT2D eigenvalue weighted by Crippen LogP contribution is 2.17. The summed E-state index contributed by atoms with van der Waals surface area (Å²) in [5, 5.41) is 20.4. The van der Waals surface area contributed by atoms with Crippen molar-refractivity contribution in [1.82, 2.24) is 19.6 Å². The fraction of sp³-hybridized carbons (Fsp3) is 0.176. The Morgan fingerprint density at radius 3 is 2.69 bits per heavy atom. The number of nitrogens with zero attached hydrogens (tertiary/aromatic N) is 4. The Morgan fingerprint density at radius 2 is 2.00 bits per heavy atom. The fourth-order valence-electron chi connectivity index (χ4n) is 2.34. The van der Waals surface area contributed by atoms with Crippen molar-refractivity contribution >= 4 is 29.2 Å². The van der Waals surface area contributed by atoms with E-state index in [1.807, 2.05) is 18.2 Å². The summed E-state index contributed by atoms with van der Waals surface area (Å²) in [6.45, 7) is 2.11. The van der Waals surface area contributed by atoms with Gasteiger partial charge in [-0.2, -0.15) is 10.2 Å². The molecule has 1 aromatic carbocycles. The maximum absolute atomic E-state index is 12.3. The second-order valence-corrected chi connectivity index (χ2v) is 6.10. The van der Waals surface area contributed by atoms with Crippen LogP contribution in [0.3, 0.4) is 0 Å². The van der Waals surface area contributed by atoms with Crippen molar-refractivity contribution in [3.63, 3.8) is 0 Å². The summed E-state index contributed by atoms with van der Waals surface area (Å²) in [6, 6.07) is 6.79. The molecule has 0 aliphatic rings. The van der Waals surface area contributed by atoms with Crippen LogP contribution in [0.4, 0.5) is 5.69 Å². The monoisotopic (exact) mass is 373 g/mol. The largest absolute Gasteiger partial charge is 0.478 e. The van der Waals surface area contributed by atoms with Gasteiger partial charge in [-0.05, 0) is 18.6 Å². The van der Waals surface area contributed by atoms with E-state index in [-0.39, 0.29) is 11.5 Å². The molecule has 2 aromatic heterocycles. The van der Waals surface area contributed by atoms with Crippen molar-refractivity contribution in [2.75, 3.05) is 5.32 Å². The Morgan fingerprint density at radius 1 is 1.23 bits per heavy atom. The van der Waals surface area contributed by atoms with Crippen LogP contribution in [0.1, 0.15) is 28.9 Å². The highest BCUT2D eigenvalue weighted by molar-refractivity contribution is 6.31. The summed E-state index contributed by atoms with van der Waals surface area (Å²) in [5.41, 5.74) is 1.47. The third kappa shape index (κ3) is 3.92. The van der Waals surface area contributed by atoms with Gasteiger partial charge < -0.3 is 10.4 Å². The molecule has 0 aliphatic heterocycles. The van der Waals surface area contributed by atoms with Crippen molar-refractivity contribution < 1.29 is 14.7 Å². The van der Waals surface area contributed by atoms with Gasteiger partial charge in [0.15, 0.2) is 0 Å². The number of nitrogens with one attached hydrogen (secondary N) is 1. The molecule has 0 aliphatic carbocycles. The average Bonchev–Trinajstić information content (AvgIpc) is 3.26. The van der Waals surface area contributed by atoms with E-state index in [9.17, 15) is 9.59 Å². The zero-order valence-electron chi connectivity index (χ0n) is 13.8. The smallest absolute Gasteiger partial charge is 0.338 e. The Labute approximate surface area is 154 Å². The third-order valence-electron chi connectivity index (χ3n) is 3.82. The molecule has 26 heavy (non-hydrogen) atoms. The van der Waals surface area contributed by atoms with Gasteiger partial charge >= 0.3 is 5.97 Å². The molecule has 0 fully saturated rings. The standard InChI is InChI=1S/C17H16ClN5O3/c1-11(23-9-13(6-20-23)17(25)26)16(24)21-14-7-19-22(10-14)8-12-4-2-3-5-15(12)18/h2-7,9-11H,8H2,1H3,(H,21,24)(H,25,26). The quantitative estimate of drug-likeness (QED) is 0.691. The zero-order chi connectivity index (χ0) is 18.7. The minimum atomic E-state index is -1.09. The average molecular weight is 374 g/mol. The summed E-state index contributed by atoms with van der Waals surface area (Å²) in [6.07, 6.45) is 5.74. The normalized spacial score (nSPS) is 11.9. The summed E-state index contributed by atoms with van der Waals surface area (Å²) >= 11 is 6.14. The molecular formula is C17H16ClN5O3. The van der Waals surface area contributed by atoms with E-state index in [2.05, 4.69) is 15.5 Å². The van der Waals surface area contributed by atoms with E-state index in [1.54, 1.807) is 23.9 Å². The van der Waals surface area contributed by atoms with E-state index < -0.39 is 12.0 Å². The molecular weight excluding hydrogens is 358 g/mol. The van der Waals surface area contributed by atoms with Gasteiger partial charge in [-0.3, -0.25) is 14.2 Å². The van der Waals surface area contributed by atoms with Crippen LogP contribution in [0.2, 0.25) is 5.02 Å². The second-order valence-electron chi connectivity index (χ2n) is 5.70. The van der Waals surface area contributed by atoms with Crippen LogP contribution in [0.5, 0.6) is 0 Å². The maximum Gasteiger partial charge on any atom is 0.338 e. The van der Waals surface area contributed by atoms with Crippen LogP contribution in [-0.4, -0.2) is 36.5 Å². The van der Waals surface area contributed by atoms with Crippen LogP contribution >= 0.6 is 11.6 Å². The molecule has 9 heteroatoms. The van der Waals surface area contributed by atoms with Crippen LogP contribution in [0.25, 0.3) is 0 Å². The number of aromatic nitrogens is 4. The van der Waals surface area contributed by atoms with Crippen molar-refractivity contribution in [3.05, 3.63) is 65.2 Å². The van der Waals surface area contributed by atoms with E-state index in [0.29, 0.717) is 17.3 Å². The number of carbonyl (C=O) groups is 2. The highest BCUT2D eigenvalue weighted by atomic mass is 35.5. The molecule has 1 unspecified atom stereocenters. The maximum atomic E-state index is 12.3. The van der Waals surface area contributed by atoms with Gasteiger partial charge in [-0.15, -0.1) is 0 Å². The van der Waals surface area contributed by atoms with E-state index in [0.717, 1.165) is 5.56 Å². The number of carboxylic acid groups (broad SMARTS) is 1. The fourth-order valence-corrected chi connectivity index (χ4v) is 2.54. The van der Waals surface area contributed by atoms with Gasteiger partial charge in [0.1, 0.15) is 6.04 Å². The second kappa shape index (κ2) is 7.40. The minimum absolute atomic E-state index is 0.0252. The van der Waals surface area contributed by atoms with E-state index in [4.69, 9.17) is 16.7 Å². The lowest BCUT2D eigenvalue weighted by Crippen LogP contribution is -2.23. The van der Waals surface area contributed by atoms with Gasteiger partial charge in [0.2, 0.25) is 5.91 Å². The summed E-state index contributed by atoms with van der Waals surface area (Å²) < 4.78 is 2.96. The van der Waals surface area contributed by atoms with Crippen LogP contribution < -0.4 is 5.32 Å². The number of aromatic carboxylic acids is 1. The minimum Gasteiger partial charge on any atom is -0.478 e. The predicted molar refractivity (Wildman–Crippen MR) is 95.3 cm³/mol. The zero-order valence-corrected chi connectivity index (χ0v) is 14.6. The number of carboxylic acids is 1. The molecule has 0 spiro atoms. The first-order valence-corrected chi connectivity index (χ1v) is 8.16. The Bertz CT molecular complexity index is 949. The topological polar surface area (TPSA) is 102 Å². The lowest BCUT2D eigenvalue weighted by Gasteiger charge is -2.11. The molecule has 0 saturated carbocycles. The van der Waals surface area contributed by atoms with Gasteiger partial charge in [0, 0.05) is 17.4 Å². The van der Waals surface area contributed by atoms with Crippen LogP contribution in [-0.2, 0) is 11.3 Å². The Balaban J connectivity index is 1.65. The molecule has 2 N–H and O–H groups in total. The first-order valence-electron chi connectivity index (χ1n) is 7.78. The highest BCUT2D eigenvalue weighted by Gasteiger charge is 2.18. The van der Waals surface area contributed by atoms with Crippen LogP contribution in [0, 0.1) is 0 Å². The molecule has 1 amide bonds. The molecule has 0 bridgehead atoms. The molecule has 134 valence electrons. The predicted octanol–water partition coefficient (Wildman–Crippen LogP) is 2.68. The number of anilines is 1. The van der Waals surface area contributed by atoms with E-state index in [1.165, 1.54) is 23.3 Å². The molecule has 0 saturated heterocycles. The van der Waals surface area contributed by atoms with Gasteiger partial charge in [0.05, 0.1) is 30.2 Å². The number of halogens is 1. The van der Waals surface area contributed by atoms with Crippen molar-refractivity contribution in [2.45, 2.75) is 19.5 Å². The van der Waals surface area contributed by atoms with Crippen molar-refractivity contribution in [3.8, 4) is 0 Å². The number of benzene rings is 1. The number of hydrogen-bond acceptors (Lipinski definition) is 4. The summed E-state index contributed by atoms with van der Waals surface area (Å²) in [4.78, 5) is 23.2. The third-order valence-corrected chi connectivity index (χ3v) is 4.18.